The normalized spacial score (nSPS) is 14.6. The Morgan fingerprint density at radius 2 is 1.81 bits per heavy atom. The van der Waals surface area contributed by atoms with E-state index in [2.05, 4.69) is 16.0 Å². The fourth-order valence-electron chi connectivity index (χ4n) is 3.68. The second kappa shape index (κ2) is 6.95. The molecule has 0 spiro atoms. The number of hydrogen-bond acceptors (Lipinski definition) is 4. The number of amides is 1. The van der Waals surface area contributed by atoms with Crippen LogP contribution < -0.4 is 9.64 Å². The number of para-hydroxylation sites is 2. The molecule has 4 rings (SSSR count). The van der Waals surface area contributed by atoms with Crippen LogP contribution >= 0.6 is 0 Å². The van der Waals surface area contributed by atoms with Crippen molar-refractivity contribution in [3.05, 3.63) is 53.9 Å². The number of aryl methyl sites for hydroxylation is 2. The van der Waals surface area contributed by atoms with Crippen molar-refractivity contribution in [1.82, 2.24) is 14.5 Å². The Balaban J connectivity index is 1.48. The zero-order valence-electron chi connectivity index (χ0n) is 16.0. The predicted molar refractivity (Wildman–Crippen MR) is 107 cm³/mol. The van der Waals surface area contributed by atoms with Gasteiger partial charge >= 0.3 is 0 Å². The molecule has 27 heavy (non-hydrogen) atoms. The lowest BCUT2D eigenvalue weighted by Crippen LogP contribution is -2.48. The fraction of sp³-hybridized carbons (Fsp3) is 0.333. The molecule has 6 nitrogen and oxygen atoms in total. The molecule has 0 atom stereocenters. The highest BCUT2D eigenvalue weighted by molar-refractivity contribution is 5.97. The number of piperazine rings is 1. The van der Waals surface area contributed by atoms with E-state index in [9.17, 15) is 4.79 Å². The summed E-state index contributed by atoms with van der Waals surface area (Å²) in [6.45, 7) is 4.93. The quantitative estimate of drug-likeness (QED) is 0.717. The van der Waals surface area contributed by atoms with Gasteiger partial charge in [-0.1, -0.05) is 12.1 Å². The smallest absolute Gasteiger partial charge is 0.254 e. The number of ether oxygens (including phenoxy) is 1. The zero-order chi connectivity index (χ0) is 19.0. The Morgan fingerprint density at radius 1 is 1.07 bits per heavy atom. The largest absolute Gasteiger partial charge is 0.495 e. The number of rotatable bonds is 3. The van der Waals surface area contributed by atoms with Crippen LogP contribution in [0.3, 0.4) is 0 Å². The molecule has 0 N–H and O–H groups in total. The minimum Gasteiger partial charge on any atom is -0.495 e. The van der Waals surface area contributed by atoms with E-state index in [4.69, 9.17) is 4.74 Å². The van der Waals surface area contributed by atoms with Gasteiger partial charge in [-0.05, 0) is 37.3 Å². The van der Waals surface area contributed by atoms with E-state index in [0.29, 0.717) is 18.7 Å². The first-order valence-electron chi connectivity index (χ1n) is 9.19. The second-order valence-corrected chi connectivity index (χ2v) is 6.87. The summed E-state index contributed by atoms with van der Waals surface area (Å²) in [6.07, 6.45) is 0. The molecule has 0 radical (unpaired) electrons. The van der Waals surface area contributed by atoms with Crippen molar-refractivity contribution in [2.45, 2.75) is 6.92 Å². The number of hydrogen-bond donors (Lipinski definition) is 0. The lowest BCUT2D eigenvalue weighted by molar-refractivity contribution is 0.0747. The molecule has 1 amide bonds. The summed E-state index contributed by atoms with van der Waals surface area (Å²) in [5.74, 6) is 1.88. The van der Waals surface area contributed by atoms with Gasteiger partial charge in [0.05, 0.1) is 23.8 Å². The van der Waals surface area contributed by atoms with Crippen molar-refractivity contribution in [1.29, 1.82) is 0 Å². The number of carbonyl (C=O) groups is 1. The highest BCUT2D eigenvalue weighted by Gasteiger charge is 2.24. The van der Waals surface area contributed by atoms with E-state index < -0.39 is 0 Å². The van der Waals surface area contributed by atoms with Crippen LogP contribution in [-0.2, 0) is 7.05 Å². The number of benzene rings is 2. The van der Waals surface area contributed by atoms with Gasteiger partial charge in [0.15, 0.2) is 0 Å². The molecule has 6 heteroatoms. The van der Waals surface area contributed by atoms with Crippen LogP contribution in [0, 0.1) is 6.92 Å². The molecule has 1 saturated heterocycles. The molecular formula is C21H24N4O2. The molecule has 1 fully saturated rings. The molecule has 0 saturated carbocycles. The van der Waals surface area contributed by atoms with E-state index >= 15 is 0 Å². The minimum absolute atomic E-state index is 0.0693. The molecule has 3 aromatic rings. The van der Waals surface area contributed by atoms with Crippen molar-refractivity contribution >= 4 is 22.6 Å². The number of fused-ring (bicyclic) bond motifs is 1. The Hall–Kier alpha value is -3.02. The standard InChI is InChI=1S/C21H24N4O2/c1-15-22-17-14-16(8-9-18(17)23(15)2)21(26)25-12-10-24(11-13-25)19-6-4-5-7-20(19)27-3/h4-9,14H,10-13H2,1-3H3. The molecule has 1 aliphatic heterocycles. The number of methoxy groups -OCH3 is 1. The first-order valence-corrected chi connectivity index (χ1v) is 9.19. The number of anilines is 1. The average Bonchev–Trinajstić information content (AvgIpc) is 3.00. The fourth-order valence-corrected chi connectivity index (χ4v) is 3.68. The van der Waals surface area contributed by atoms with Gasteiger partial charge in [0.25, 0.3) is 5.91 Å². The number of aromatic nitrogens is 2. The van der Waals surface area contributed by atoms with Gasteiger partial charge in [-0.25, -0.2) is 4.98 Å². The van der Waals surface area contributed by atoms with Crippen LogP contribution in [0.15, 0.2) is 42.5 Å². The summed E-state index contributed by atoms with van der Waals surface area (Å²) < 4.78 is 7.50. The maximum absolute atomic E-state index is 12.9. The van der Waals surface area contributed by atoms with Crippen LogP contribution in [0.1, 0.15) is 16.2 Å². The van der Waals surface area contributed by atoms with Crippen LogP contribution in [0.4, 0.5) is 5.69 Å². The van der Waals surface area contributed by atoms with Crippen LogP contribution in [-0.4, -0.2) is 53.6 Å². The summed E-state index contributed by atoms with van der Waals surface area (Å²) in [6, 6.07) is 13.8. The summed E-state index contributed by atoms with van der Waals surface area (Å²) in [4.78, 5) is 21.7. The molecule has 2 heterocycles. The van der Waals surface area contributed by atoms with Gasteiger partial charge in [-0.2, -0.15) is 0 Å². The van der Waals surface area contributed by atoms with E-state index in [-0.39, 0.29) is 5.91 Å². The number of carbonyl (C=O) groups excluding carboxylic acids is 1. The lowest BCUT2D eigenvalue weighted by atomic mass is 10.1. The summed E-state index contributed by atoms with van der Waals surface area (Å²) >= 11 is 0. The van der Waals surface area contributed by atoms with Gasteiger partial charge < -0.3 is 19.1 Å². The maximum atomic E-state index is 12.9. The van der Waals surface area contributed by atoms with Crippen molar-refractivity contribution in [3.63, 3.8) is 0 Å². The van der Waals surface area contributed by atoms with Crippen LogP contribution in [0.25, 0.3) is 11.0 Å². The molecule has 0 unspecified atom stereocenters. The van der Waals surface area contributed by atoms with E-state index in [1.165, 1.54) is 0 Å². The Labute approximate surface area is 159 Å². The van der Waals surface area contributed by atoms with E-state index in [1.54, 1.807) is 7.11 Å². The zero-order valence-corrected chi connectivity index (χ0v) is 16.0. The van der Waals surface area contributed by atoms with Gasteiger partial charge in [-0.15, -0.1) is 0 Å². The third kappa shape index (κ3) is 3.12. The first-order chi connectivity index (χ1) is 13.1. The molecule has 2 aromatic carbocycles. The summed E-state index contributed by atoms with van der Waals surface area (Å²) in [5.41, 5.74) is 3.70. The highest BCUT2D eigenvalue weighted by Crippen LogP contribution is 2.28. The molecule has 1 aliphatic rings. The maximum Gasteiger partial charge on any atom is 0.254 e. The first kappa shape index (κ1) is 17.4. The molecule has 0 aliphatic carbocycles. The monoisotopic (exact) mass is 364 g/mol. The van der Waals surface area contributed by atoms with Gasteiger partial charge in [0, 0.05) is 38.8 Å². The number of imidazole rings is 1. The topological polar surface area (TPSA) is 50.6 Å². The van der Waals surface area contributed by atoms with Crippen LogP contribution in [0.2, 0.25) is 0 Å². The summed E-state index contributed by atoms with van der Waals surface area (Å²) in [7, 11) is 3.68. The van der Waals surface area contributed by atoms with E-state index in [1.807, 2.05) is 59.8 Å². The molecule has 1 aromatic heterocycles. The van der Waals surface area contributed by atoms with Crippen molar-refractivity contribution in [3.8, 4) is 5.75 Å². The van der Waals surface area contributed by atoms with E-state index in [0.717, 1.165) is 41.4 Å². The molecular weight excluding hydrogens is 340 g/mol. The molecule has 0 bridgehead atoms. The minimum atomic E-state index is 0.0693. The van der Waals surface area contributed by atoms with Crippen LogP contribution in [0.5, 0.6) is 5.75 Å². The third-order valence-electron chi connectivity index (χ3n) is 5.34. The third-order valence-corrected chi connectivity index (χ3v) is 5.34. The van der Waals surface area contributed by atoms with Gasteiger partial charge in [0.1, 0.15) is 11.6 Å². The van der Waals surface area contributed by atoms with Gasteiger partial charge in [0.2, 0.25) is 0 Å². The Kier molecular flexibility index (Phi) is 4.48. The highest BCUT2D eigenvalue weighted by atomic mass is 16.5. The Bertz CT molecular complexity index is 987. The Morgan fingerprint density at radius 3 is 2.56 bits per heavy atom. The number of nitrogens with zero attached hydrogens (tertiary/aromatic N) is 4. The van der Waals surface area contributed by atoms with Gasteiger partial charge in [-0.3, -0.25) is 4.79 Å². The van der Waals surface area contributed by atoms with Crippen molar-refractivity contribution < 1.29 is 9.53 Å². The average molecular weight is 364 g/mol. The van der Waals surface area contributed by atoms with Crippen molar-refractivity contribution in [2.24, 2.45) is 7.05 Å². The second-order valence-electron chi connectivity index (χ2n) is 6.87. The lowest BCUT2D eigenvalue weighted by Gasteiger charge is -2.36. The van der Waals surface area contributed by atoms with Crippen molar-refractivity contribution in [2.75, 3.05) is 38.2 Å². The SMILES string of the molecule is COc1ccccc1N1CCN(C(=O)c2ccc3c(c2)nc(C)n3C)CC1. The predicted octanol–water partition coefficient (Wildman–Crippen LogP) is 2.85. The molecule has 140 valence electrons. The summed E-state index contributed by atoms with van der Waals surface area (Å²) in [5, 5.41) is 0.